The van der Waals surface area contributed by atoms with Gasteiger partial charge in [0, 0.05) is 48.8 Å². The van der Waals surface area contributed by atoms with Crippen LogP contribution in [-0.2, 0) is 6.54 Å². The Bertz CT molecular complexity index is 530. The lowest BCUT2D eigenvalue weighted by Crippen LogP contribution is -2.35. The number of hydrogen-bond acceptors (Lipinski definition) is 3. The lowest BCUT2D eigenvalue weighted by molar-refractivity contribution is 0.362. The third-order valence-corrected chi connectivity index (χ3v) is 4.33. The summed E-state index contributed by atoms with van der Waals surface area (Å²) < 4.78 is 4.22. The van der Waals surface area contributed by atoms with Gasteiger partial charge in [-0.1, -0.05) is 0 Å². The minimum atomic E-state index is 0.337. The molecule has 2 aromatic heterocycles. The molecule has 108 valence electrons. The lowest BCUT2D eigenvalue weighted by Gasteiger charge is -2.25. The molecular formula is C15H23N5. The molecule has 1 fully saturated rings. The van der Waals surface area contributed by atoms with Crippen LogP contribution in [0.15, 0.2) is 31.1 Å². The van der Waals surface area contributed by atoms with Crippen LogP contribution in [0.5, 0.6) is 0 Å². The van der Waals surface area contributed by atoms with E-state index in [-0.39, 0.29) is 0 Å². The third-order valence-electron chi connectivity index (χ3n) is 4.33. The van der Waals surface area contributed by atoms with E-state index in [2.05, 4.69) is 46.2 Å². The molecular weight excluding hydrogens is 250 g/mol. The van der Waals surface area contributed by atoms with E-state index in [1.54, 1.807) is 0 Å². The first-order valence-corrected chi connectivity index (χ1v) is 7.53. The lowest BCUT2D eigenvalue weighted by atomic mass is 10.1. The Labute approximate surface area is 120 Å². The van der Waals surface area contributed by atoms with Crippen LogP contribution >= 0.6 is 0 Å². The van der Waals surface area contributed by atoms with Crippen molar-refractivity contribution >= 4 is 0 Å². The molecule has 0 radical (unpaired) electrons. The average Bonchev–Trinajstić information content (AvgIpc) is 3.19. The fourth-order valence-electron chi connectivity index (χ4n) is 3.15. The number of aromatic nitrogens is 4. The largest absolute Gasteiger partial charge is 0.333 e. The van der Waals surface area contributed by atoms with Crippen molar-refractivity contribution in [2.75, 3.05) is 0 Å². The van der Waals surface area contributed by atoms with Crippen molar-refractivity contribution in [1.29, 1.82) is 0 Å². The molecule has 0 saturated heterocycles. The smallest absolute Gasteiger partial charge is 0.0949 e. The summed E-state index contributed by atoms with van der Waals surface area (Å²) in [5, 5.41) is 8.13. The first-order chi connectivity index (χ1) is 9.78. The average molecular weight is 273 g/mol. The molecule has 0 aliphatic heterocycles. The van der Waals surface area contributed by atoms with Crippen LogP contribution in [0.2, 0.25) is 0 Å². The van der Waals surface area contributed by atoms with Gasteiger partial charge in [-0.25, -0.2) is 4.98 Å². The van der Waals surface area contributed by atoms with Gasteiger partial charge in [0.05, 0.1) is 12.5 Å². The van der Waals surface area contributed by atoms with Crippen LogP contribution in [0, 0.1) is 0 Å². The summed E-state index contributed by atoms with van der Waals surface area (Å²) in [6, 6.07) is 1.38. The molecule has 0 amide bonds. The number of aryl methyl sites for hydroxylation is 1. The van der Waals surface area contributed by atoms with Crippen molar-refractivity contribution in [2.24, 2.45) is 0 Å². The fourth-order valence-corrected chi connectivity index (χ4v) is 3.15. The van der Waals surface area contributed by atoms with Gasteiger partial charge in [-0.3, -0.25) is 4.68 Å². The highest BCUT2D eigenvalue weighted by atomic mass is 15.3. The Hall–Kier alpha value is -1.62. The Morgan fingerprint density at radius 2 is 2.35 bits per heavy atom. The van der Waals surface area contributed by atoms with Gasteiger partial charge in [-0.2, -0.15) is 5.10 Å². The first kappa shape index (κ1) is 13.4. The number of rotatable bonds is 5. The van der Waals surface area contributed by atoms with Gasteiger partial charge in [0.25, 0.3) is 0 Å². The zero-order valence-electron chi connectivity index (χ0n) is 12.2. The highest BCUT2D eigenvalue weighted by Gasteiger charge is 2.29. The monoisotopic (exact) mass is 273 g/mol. The second kappa shape index (κ2) is 5.79. The molecule has 1 saturated carbocycles. The number of imidazole rings is 1. The molecule has 3 unspecified atom stereocenters. The van der Waals surface area contributed by atoms with Gasteiger partial charge in [-0.15, -0.1) is 0 Å². The summed E-state index contributed by atoms with van der Waals surface area (Å²) in [6.07, 6.45) is 13.7. The third kappa shape index (κ3) is 2.63. The standard InChI is InChI=1S/C15H23N5/c1-3-20-10-13(9-17-20)12(2)18-14-5-4-6-15(14)19-8-7-16-11-19/h7-12,14-15,18H,3-6H2,1-2H3. The number of nitrogens with zero attached hydrogens (tertiary/aromatic N) is 4. The molecule has 1 aliphatic carbocycles. The quantitative estimate of drug-likeness (QED) is 0.910. The minimum Gasteiger partial charge on any atom is -0.333 e. The van der Waals surface area contributed by atoms with Gasteiger partial charge in [0.2, 0.25) is 0 Å². The molecule has 2 aromatic rings. The zero-order chi connectivity index (χ0) is 13.9. The summed E-state index contributed by atoms with van der Waals surface area (Å²) in [4.78, 5) is 4.17. The summed E-state index contributed by atoms with van der Waals surface area (Å²) in [6.45, 7) is 5.26. The van der Waals surface area contributed by atoms with E-state index < -0.39 is 0 Å². The van der Waals surface area contributed by atoms with Crippen molar-refractivity contribution in [3.63, 3.8) is 0 Å². The van der Waals surface area contributed by atoms with Gasteiger partial charge >= 0.3 is 0 Å². The minimum absolute atomic E-state index is 0.337. The van der Waals surface area contributed by atoms with Crippen LogP contribution in [0.4, 0.5) is 0 Å². The molecule has 5 heteroatoms. The predicted molar refractivity (Wildman–Crippen MR) is 78.4 cm³/mol. The predicted octanol–water partition coefficient (Wildman–Crippen LogP) is 2.54. The Morgan fingerprint density at radius 1 is 1.45 bits per heavy atom. The van der Waals surface area contributed by atoms with Crippen molar-refractivity contribution in [1.82, 2.24) is 24.6 Å². The van der Waals surface area contributed by atoms with Gasteiger partial charge < -0.3 is 9.88 Å². The van der Waals surface area contributed by atoms with Crippen LogP contribution in [0.25, 0.3) is 0 Å². The van der Waals surface area contributed by atoms with Crippen LogP contribution in [0.1, 0.15) is 50.8 Å². The summed E-state index contributed by atoms with van der Waals surface area (Å²) in [7, 11) is 0. The second-order valence-corrected chi connectivity index (χ2v) is 5.63. The second-order valence-electron chi connectivity index (χ2n) is 5.63. The van der Waals surface area contributed by atoms with Gasteiger partial charge in [0.1, 0.15) is 0 Å². The van der Waals surface area contributed by atoms with E-state index in [1.807, 2.05) is 23.4 Å². The van der Waals surface area contributed by atoms with Crippen molar-refractivity contribution in [3.8, 4) is 0 Å². The molecule has 5 nitrogen and oxygen atoms in total. The molecule has 3 atom stereocenters. The molecule has 0 spiro atoms. The van der Waals surface area contributed by atoms with E-state index in [0.29, 0.717) is 18.1 Å². The van der Waals surface area contributed by atoms with Crippen molar-refractivity contribution in [2.45, 2.75) is 57.8 Å². The van der Waals surface area contributed by atoms with Crippen LogP contribution in [-0.4, -0.2) is 25.4 Å². The molecule has 2 heterocycles. The maximum atomic E-state index is 4.36. The molecule has 0 bridgehead atoms. The van der Waals surface area contributed by atoms with Crippen LogP contribution < -0.4 is 5.32 Å². The van der Waals surface area contributed by atoms with Gasteiger partial charge in [-0.05, 0) is 33.1 Å². The van der Waals surface area contributed by atoms with Crippen molar-refractivity contribution in [3.05, 3.63) is 36.7 Å². The van der Waals surface area contributed by atoms with E-state index in [9.17, 15) is 0 Å². The Balaban J connectivity index is 1.67. The maximum Gasteiger partial charge on any atom is 0.0949 e. The van der Waals surface area contributed by atoms with E-state index >= 15 is 0 Å². The van der Waals surface area contributed by atoms with E-state index in [1.165, 1.54) is 24.8 Å². The Kier molecular flexibility index (Phi) is 3.87. The number of nitrogens with one attached hydrogen (secondary N) is 1. The number of hydrogen-bond donors (Lipinski definition) is 1. The zero-order valence-corrected chi connectivity index (χ0v) is 12.2. The van der Waals surface area contributed by atoms with Crippen LogP contribution in [0.3, 0.4) is 0 Å². The Morgan fingerprint density at radius 3 is 3.05 bits per heavy atom. The maximum absolute atomic E-state index is 4.36. The topological polar surface area (TPSA) is 47.7 Å². The first-order valence-electron chi connectivity index (χ1n) is 7.53. The molecule has 0 aromatic carbocycles. The summed E-state index contributed by atoms with van der Waals surface area (Å²) >= 11 is 0. The molecule has 1 aliphatic rings. The SMILES string of the molecule is CCn1cc(C(C)NC2CCCC2n2ccnc2)cn1. The molecule has 1 N–H and O–H groups in total. The van der Waals surface area contributed by atoms with Gasteiger partial charge in [0.15, 0.2) is 0 Å². The van der Waals surface area contributed by atoms with E-state index in [4.69, 9.17) is 0 Å². The van der Waals surface area contributed by atoms with Crippen molar-refractivity contribution < 1.29 is 0 Å². The summed E-state index contributed by atoms with van der Waals surface area (Å²) in [5.74, 6) is 0. The summed E-state index contributed by atoms with van der Waals surface area (Å²) in [5.41, 5.74) is 1.27. The van der Waals surface area contributed by atoms with E-state index in [0.717, 1.165) is 6.54 Å². The fraction of sp³-hybridized carbons (Fsp3) is 0.600. The highest BCUT2D eigenvalue weighted by molar-refractivity contribution is 5.10. The normalized spacial score (nSPS) is 24.1. The molecule has 3 rings (SSSR count). The molecule has 20 heavy (non-hydrogen) atoms. The highest BCUT2D eigenvalue weighted by Crippen LogP contribution is 2.31.